The van der Waals surface area contributed by atoms with E-state index in [4.69, 9.17) is 4.74 Å². The van der Waals surface area contributed by atoms with E-state index in [9.17, 15) is 4.79 Å². The quantitative estimate of drug-likeness (QED) is 0.699. The van der Waals surface area contributed by atoms with Crippen molar-refractivity contribution < 1.29 is 9.53 Å². The molecule has 0 unspecified atom stereocenters. The number of carbonyl (C=O) groups is 1. The standard InChI is InChI=1S/C11H14O2S/c1-13-11-6-4-3-5-9(11)10(12)7-8-14-2/h3-6H,7-8H2,1-2H3. The Kier molecular flexibility index (Phi) is 4.53. The molecule has 0 saturated carbocycles. The number of benzene rings is 1. The summed E-state index contributed by atoms with van der Waals surface area (Å²) in [5, 5.41) is 0. The number of rotatable bonds is 5. The van der Waals surface area contributed by atoms with Crippen LogP contribution in [0.5, 0.6) is 5.75 Å². The Morgan fingerprint density at radius 1 is 1.43 bits per heavy atom. The first kappa shape index (κ1) is 11.1. The fourth-order valence-corrected chi connectivity index (χ4v) is 1.59. The van der Waals surface area contributed by atoms with Gasteiger partial charge < -0.3 is 4.74 Å². The second-order valence-corrected chi connectivity index (χ2v) is 3.85. The number of ketones is 1. The van der Waals surface area contributed by atoms with Gasteiger partial charge in [0.05, 0.1) is 12.7 Å². The number of hydrogen-bond donors (Lipinski definition) is 0. The Hall–Kier alpha value is -0.960. The van der Waals surface area contributed by atoms with Gasteiger partial charge >= 0.3 is 0 Å². The predicted molar refractivity (Wildman–Crippen MR) is 60.3 cm³/mol. The van der Waals surface area contributed by atoms with Crippen LogP contribution in [-0.2, 0) is 0 Å². The van der Waals surface area contributed by atoms with Crippen LogP contribution in [0.25, 0.3) is 0 Å². The molecule has 1 aromatic carbocycles. The molecule has 0 bridgehead atoms. The lowest BCUT2D eigenvalue weighted by Gasteiger charge is -2.06. The minimum absolute atomic E-state index is 0.150. The zero-order valence-corrected chi connectivity index (χ0v) is 9.26. The van der Waals surface area contributed by atoms with E-state index in [1.165, 1.54) is 0 Å². The molecule has 0 aliphatic carbocycles. The molecule has 1 rings (SSSR count). The Morgan fingerprint density at radius 2 is 2.14 bits per heavy atom. The number of methoxy groups -OCH3 is 1. The fourth-order valence-electron chi connectivity index (χ4n) is 1.20. The van der Waals surface area contributed by atoms with Crippen LogP contribution in [-0.4, -0.2) is 24.9 Å². The summed E-state index contributed by atoms with van der Waals surface area (Å²) in [6.07, 6.45) is 2.57. The molecule has 0 radical (unpaired) electrons. The molecule has 1 aromatic rings. The minimum Gasteiger partial charge on any atom is -0.496 e. The maximum atomic E-state index is 11.7. The molecule has 0 aromatic heterocycles. The molecule has 0 amide bonds. The van der Waals surface area contributed by atoms with Crippen LogP contribution in [0.3, 0.4) is 0 Å². The first-order chi connectivity index (χ1) is 6.79. The Balaban J connectivity index is 2.78. The molecule has 0 atom stereocenters. The van der Waals surface area contributed by atoms with E-state index in [0.717, 1.165) is 5.75 Å². The molecule has 0 aliphatic heterocycles. The van der Waals surface area contributed by atoms with Gasteiger partial charge in [-0.05, 0) is 18.4 Å². The van der Waals surface area contributed by atoms with Crippen LogP contribution in [0.4, 0.5) is 0 Å². The van der Waals surface area contributed by atoms with Crippen LogP contribution in [0, 0.1) is 0 Å². The monoisotopic (exact) mass is 210 g/mol. The lowest BCUT2D eigenvalue weighted by molar-refractivity contribution is 0.0986. The third-order valence-corrected chi connectivity index (χ3v) is 2.55. The van der Waals surface area contributed by atoms with Crippen molar-refractivity contribution in [3.05, 3.63) is 29.8 Å². The number of hydrogen-bond acceptors (Lipinski definition) is 3. The Bertz CT molecular complexity index is 310. The van der Waals surface area contributed by atoms with E-state index < -0.39 is 0 Å². The SMILES string of the molecule is COc1ccccc1C(=O)CCSC. The van der Waals surface area contributed by atoms with Gasteiger partial charge in [-0.15, -0.1) is 0 Å². The van der Waals surface area contributed by atoms with Gasteiger partial charge in [-0.3, -0.25) is 4.79 Å². The van der Waals surface area contributed by atoms with E-state index in [1.807, 2.05) is 30.5 Å². The zero-order valence-electron chi connectivity index (χ0n) is 8.45. The average molecular weight is 210 g/mol. The number of Topliss-reactive ketones (excluding diaryl/α,β-unsaturated/α-hetero) is 1. The maximum Gasteiger partial charge on any atom is 0.167 e. The number of para-hydroxylation sites is 1. The van der Waals surface area contributed by atoms with Crippen molar-refractivity contribution in [3.63, 3.8) is 0 Å². The highest BCUT2D eigenvalue weighted by molar-refractivity contribution is 7.98. The van der Waals surface area contributed by atoms with Gasteiger partial charge in [0.15, 0.2) is 5.78 Å². The van der Waals surface area contributed by atoms with Gasteiger partial charge in [0, 0.05) is 12.2 Å². The van der Waals surface area contributed by atoms with Gasteiger partial charge in [0.1, 0.15) is 5.75 Å². The highest BCUT2D eigenvalue weighted by Gasteiger charge is 2.10. The van der Waals surface area contributed by atoms with Crippen LogP contribution < -0.4 is 4.74 Å². The lowest BCUT2D eigenvalue weighted by Crippen LogP contribution is -2.02. The summed E-state index contributed by atoms with van der Waals surface area (Å²) in [7, 11) is 1.58. The molecular formula is C11H14O2S. The summed E-state index contributed by atoms with van der Waals surface area (Å²) in [5.74, 6) is 1.67. The zero-order chi connectivity index (χ0) is 10.4. The normalized spacial score (nSPS) is 9.86. The Labute approximate surface area is 88.7 Å². The van der Waals surface area contributed by atoms with Crippen molar-refractivity contribution in [2.45, 2.75) is 6.42 Å². The van der Waals surface area contributed by atoms with Crippen molar-refractivity contribution >= 4 is 17.5 Å². The highest BCUT2D eigenvalue weighted by Crippen LogP contribution is 2.19. The molecule has 0 N–H and O–H groups in total. The molecular weight excluding hydrogens is 196 g/mol. The largest absolute Gasteiger partial charge is 0.496 e. The predicted octanol–water partition coefficient (Wildman–Crippen LogP) is 2.63. The third kappa shape index (κ3) is 2.77. The average Bonchev–Trinajstić information content (AvgIpc) is 2.25. The molecule has 0 heterocycles. The van der Waals surface area contributed by atoms with Crippen LogP contribution in [0.15, 0.2) is 24.3 Å². The summed E-state index contributed by atoms with van der Waals surface area (Å²) in [6.45, 7) is 0. The molecule has 0 fully saturated rings. The van der Waals surface area contributed by atoms with Crippen LogP contribution in [0.2, 0.25) is 0 Å². The number of thioether (sulfide) groups is 1. The second kappa shape index (κ2) is 5.70. The summed E-state index contributed by atoms with van der Waals surface area (Å²) in [4.78, 5) is 11.7. The lowest BCUT2D eigenvalue weighted by atomic mass is 10.1. The van der Waals surface area contributed by atoms with Gasteiger partial charge in [0.25, 0.3) is 0 Å². The van der Waals surface area contributed by atoms with E-state index in [1.54, 1.807) is 18.9 Å². The molecule has 0 spiro atoms. The van der Waals surface area contributed by atoms with Gasteiger partial charge in [-0.2, -0.15) is 11.8 Å². The van der Waals surface area contributed by atoms with Crippen molar-refractivity contribution in [2.24, 2.45) is 0 Å². The summed E-state index contributed by atoms with van der Waals surface area (Å²) in [5.41, 5.74) is 0.684. The van der Waals surface area contributed by atoms with Gasteiger partial charge in [-0.1, -0.05) is 12.1 Å². The van der Waals surface area contributed by atoms with E-state index in [2.05, 4.69) is 0 Å². The van der Waals surface area contributed by atoms with Crippen molar-refractivity contribution in [1.29, 1.82) is 0 Å². The molecule has 0 saturated heterocycles. The summed E-state index contributed by atoms with van der Waals surface area (Å²) in [6, 6.07) is 7.34. The Morgan fingerprint density at radius 3 is 2.79 bits per heavy atom. The number of ether oxygens (including phenoxy) is 1. The number of carbonyl (C=O) groups excluding carboxylic acids is 1. The van der Waals surface area contributed by atoms with Gasteiger partial charge in [-0.25, -0.2) is 0 Å². The first-order valence-electron chi connectivity index (χ1n) is 4.44. The van der Waals surface area contributed by atoms with E-state index in [0.29, 0.717) is 17.7 Å². The maximum absolute atomic E-state index is 11.7. The fraction of sp³-hybridized carbons (Fsp3) is 0.364. The first-order valence-corrected chi connectivity index (χ1v) is 5.84. The molecule has 14 heavy (non-hydrogen) atoms. The van der Waals surface area contributed by atoms with Crippen LogP contribution >= 0.6 is 11.8 Å². The third-order valence-electron chi connectivity index (χ3n) is 1.94. The smallest absolute Gasteiger partial charge is 0.167 e. The van der Waals surface area contributed by atoms with Crippen molar-refractivity contribution in [2.75, 3.05) is 19.1 Å². The summed E-state index contributed by atoms with van der Waals surface area (Å²) >= 11 is 1.68. The minimum atomic E-state index is 0.150. The van der Waals surface area contributed by atoms with Crippen molar-refractivity contribution in [1.82, 2.24) is 0 Å². The van der Waals surface area contributed by atoms with Crippen LogP contribution in [0.1, 0.15) is 16.8 Å². The molecule has 76 valence electrons. The highest BCUT2D eigenvalue weighted by atomic mass is 32.2. The van der Waals surface area contributed by atoms with E-state index >= 15 is 0 Å². The topological polar surface area (TPSA) is 26.3 Å². The summed E-state index contributed by atoms with van der Waals surface area (Å²) < 4.78 is 5.12. The van der Waals surface area contributed by atoms with E-state index in [-0.39, 0.29) is 5.78 Å². The van der Waals surface area contributed by atoms with Crippen molar-refractivity contribution in [3.8, 4) is 5.75 Å². The van der Waals surface area contributed by atoms with Gasteiger partial charge in [0.2, 0.25) is 0 Å². The molecule has 0 aliphatic rings. The molecule has 3 heteroatoms. The second-order valence-electron chi connectivity index (χ2n) is 2.87. The molecule has 2 nitrogen and oxygen atoms in total.